The van der Waals surface area contributed by atoms with Gasteiger partial charge in [-0.3, -0.25) is 0 Å². The van der Waals surface area contributed by atoms with Crippen molar-refractivity contribution in [2.24, 2.45) is 5.73 Å². The second-order valence-corrected chi connectivity index (χ2v) is 4.63. The van der Waals surface area contributed by atoms with E-state index in [2.05, 4.69) is 10.1 Å². The normalized spacial score (nSPS) is 12.4. The summed E-state index contributed by atoms with van der Waals surface area (Å²) in [5, 5.41) is 4.31. The van der Waals surface area contributed by atoms with Crippen LogP contribution in [0, 0.1) is 0 Å². The molecule has 1 aromatic carbocycles. The molecule has 0 amide bonds. The Kier molecular flexibility index (Phi) is 4.39. The summed E-state index contributed by atoms with van der Waals surface area (Å²) < 4.78 is 10.6. The van der Waals surface area contributed by atoms with Crippen LogP contribution in [-0.2, 0) is 13.0 Å². The van der Waals surface area contributed by atoms with Gasteiger partial charge in [0.15, 0.2) is 12.4 Å². The van der Waals surface area contributed by atoms with E-state index in [1.54, 1.807) is 12.1 Å². The third-order valence-electron chi connectivity index (χ3n) is 2.66. The van der Waals surface area contributed by atoms with Crippen molar-refractivity contribution < 1.29 is 9.26 Å². The molecule has 0 spiro atoms. The molecule has 0 radical (unpaired) electrons. The standard InChI is InChI=1S/C13H16ClN3O2/c1-3-12-16-13(19-17-12)7-18-11-5-4-9(8(2)15)6-10(11)14/h4-6,8H,3,7,15H2,1-2H3/t8-/m0/s1. The number of nitrogens with two attached hydrogens (primary N) is 1. The molecule has 2 aromatic rings. The van der Waals surface area contributed by atoms with E-state index in [1.165, 1.54) is 0 Å². The fraction of sp³-hybridized carbons (Fsp3) is 0.385. The van der Waals surface area contributed by atoms with Crippen LogP contribution in [0.3, 0.4) is 0 Å². The van der Waals surface area contributed by atoms with E-state index in [0.717, 1.165) is 12.0 Å². The molecule has 0 saturated carbocycles. The van der Waals surface area contributed by atoms with Crippen LogP contribution < -0.4 is 10.5 Å². The minimum absolute atomic E-state index is 0.0606. The van der Waals surface area contributed by atoms with Gasteiger partial charge < -0.3 is 15.0 Å². The highest BCUT2D eigenvalue weighted by Crippen LogP contribution is 2.27. The quantitative estimate of drug-likeness (QED) is 0.912. The van der Waals surface area contributed by atoms with Crippen LogP contribution in [-0.4, -0.2) is 10.1 Å². The van der Waals surface area contributed by atoms with E-state index in [9.17, 15) is 0 Å². The summed E-state index contributed by atoms with van der Waals surface area (Å²) in [5.74, 6) is 1.67. The first-order valence-corrected chi connectivity index (χ1v) is 6.47. The number of halogens is 1. The maximum absolute atomic E-state index is 6.12. The summed E-state index contributed by atoms with van der Waals surface area (Å²) in [6.45, 7) is 4.06. The second-order valence-electron chi connectivity index (χ2n) is 4.23. The second kappa shape index (κ2) is 6.04. The third-order valence-corrected chi connectivity index (χ3v) is 2.95. The number of benzene rings is 1. The van der Waals surface area contributed by atoms with Gasteiger partial charge in [-0.1, -0.05) is 29.7 Å². The van der Waals surface area contributed by atoms with E-state index in [0.29, 0.717) is 22.5 Å². The zero-order chi connectivity index (χ0) is 13.8. The highest BCUT2D eigenvalue weighted by Gasteiger charge is 2.09. The smallest absolute Gasteiger partial charge is 0.264 e. The molecule has 0 aliphatic rings. The number of hydrogen-bond acceptors (Lipinski definition) is 5. The Bertz CT molecular complexity index is 555. The van der Waals surface area contributed by atoms with Gasteiger partial charge in [-0.25, -0.2) is 0 Å². The largest absolute Gasteiger partial charge is 0.482 e. The highest BCUT2D eigenvalue weighted by atomic mass is 35.5. The molecule has 6 heteroatoms. The lowest BCUT2D eigenvalue weighted by atomic mass is 10.1. The summed E-state index contributed by atoms with van der Waals surface area (Å²) >= 11 is 6.12. The lowest BCUT2D eigenvalue weighted by Crippen LogP contribution is -2.05. The first-order valence-electron chi connectivity index (χ1n) is 6.09. The van der Waals surface area contributed by atoms with Gasteiger partial charge in [0, 0.05) is 12.5 Å². The molecular formula is C13H16ClN3O2. The topological polar surface area (TPSA) is 74.2 Å². The summed E-state index contributed by atoms with van der Waals surface area (Å²) in [5.41, 5.74) is 6.74. The van der Waals surface area contributed by atoms with E-state index in [-0.39, 0.29) is 12.6 Å². The van der Waals surface area contributed by atoms with Crippen molar-refractivity contribution in [2.45, 2.75) is 32.9 Å². The van der Waals surface area contributed by atoms with Gasteiger partial charge in [0.2, 0.25) is 0 Å². The zero-order valence-electron chi connectivity index (χ0n) is 10.9. The Hall–Kier alpha value is -1.59. The first kappa shape index (κ1) is 13.8. The molecule has 5 nitrogen and oxygen atoms in total. The van der Waals surface area contributed by atoms with E-state index in [1.807, 2.05) is 19.9 Å². The fourth-order valence-electron chi connectivity index (χ4n) is 1.55. The van der Waals surface area contributed by atoms with Crippen molar-refractivity contribution in [3.63, 3.8) is 0 Å². The molecule has 2 rings (SSSR count). The van der Waals surface area contributed by atoms with Crippen molar-refractivity contribution >= 4 is 11.6 Å². The lowest BCUT2D eigenvalue weighted by molar-refractivity contribution is 0.242. The first-order chi connectivity index (χ1) is 9.10. The molecule has 1 heterocycles. The number of nitrogens with zero attached hydrogens (tertiary/aromatic N) is 2. The maximum atomic E-state index is 6.12. The number of aromatic nitrogens is 2. The molecule has 0 aliphatic carbocycles. The van der Waals surface area contributed by atoms with Crippen LogP contribution in [0.15, 0.2) is 22.7 Å². The number of aryl methyl sites for hydroxylation is 1. The number of ether oxygens (including phenoxy) is 1. The van der Waals surface area contributed by atoms with Crippen LogP contribution in [0.5, 0.6) is 5.75 Å². The summed E-state index contributed by atoms with van der Waals surface area (Å²) in [6.07, 6.45) is 0.730. The monoisotopic (exact) mass is 281 g/mol. The van der Waals surface area contributed by atoms with Gasteiger partial charge >= 0.3 is 0 Å². The maximum Gasteiger partial charge on any atom is 0.264 e. The minimum atomic E-state index is -0.0606. The van der Waals surface area contributed by atoms with Crippen LogP contribution >= 0.6 is 11.6 Å². The van der Waals surface area contributed by atoms with Crippen molar-refractivity contribution in [1.82, 2.24) is 10.1 Å². The number of hydrogen-bond donors (Lipinski definition) is 1. The Morgan fingerprint density at radius 2 is 2.26 bits per heavy atom. The molecule has 2 N–H and O–H groups in total. The predicted octanol–water partition coefficient (Wildman–Crippen LogP) is 2.88. The van der Waals surface area contributed by atoms with Crippen molar-refractivity contribution in [2.75, 3.05) is 0 Å². The molecule has 1 aromatic heterocycles. The van der Waals surface area contributed by atoms with Crippen molar-refractivity contribution in [3.8, 4) is 5.75 Å². The molecule has 1 atom stereocenters. The number of rotatable bonds is 5. The van der Waals surface area contributed by atoms with Gasteiger partial charge in [-0.15, -0.1) is 0 Å². The average molecular weight is 282 g/mol. The summed E-state index contributed by atoms with van der Waals surface area (Å²) in [6, 6.07) is 5.41. The third kappa shape index (κ3) is 3.45. The lowest BCUT2D eigenvalue weighted by Gasteiger charge is -2.09. The van der Waals surface area contributed by atoms with E-state index >= 15 is 0 Å². The predicted molar refractivity (Wildman–Crippen MR) is 72.1 cm³/mol. The Labute approximate surface area is 116 Å². The Morgan fingerprint density at radius 3 is 2.84 bits per heavy atom. The summed E-state index contributed by atoms with van der Waals surface area (Å²) in [7, 11) is 0. The SMILES string of the molecule is CCc1noc(COc2ccc([C@H](C)N)cc2Cl)n1. The molecule has 19 heavy (non-hydrogen) atoms. The average Bonchev–Trinajstić information content (AvgIpc) is 2.85. The Morgan fingerprint density at radius 1 is 1.47 bits per heavy atom. The molecule has 102 valence electrons. The van der Waals surface area contributed by atoms with Crippen molar-refractivity contribution in [3.05, 3.63) is 40.5 Å². The van der Waals surface area contributed by atoms with Gasteiger partial charge in [-0.05, 0) is 24.6 Å². The van der Waals surface area contributed by atoms with Crippen LogP contribution in [0.25, 0.3) is 0 Å². The molecule has 0 aliphatic heterocycles. The molecule has 0 bridgehead atoms. The van der Waals surface area contributed by atoms with Gasteiger partial charge in [0.1, 0.15) is 5.75 Å². The minimum Gasteiger partial charge on any atom is -0.482 e. The summed E-state index contributed by atoms with van der Waals surface area (Å²) in [4.78, 5) is 4.15. The zero-order valence-corrected chi connectivity index (χ0v) is 11.6. The fourth-order valence-corrected chi connectivity index (χ4v) is 1.79. The molecular weight excluding hydrogens is 266 g/mol. The van der Waals surface area contributed by atoms with Gasteiger partial charge in [-0.2, -0.15) is 4.98 Å². The Balaban J connectivity index is 2.03. The van der Waals surface area contributed by atoms with Gasteiger partial charge in [0.25, 0.3) is 5.89 Å². The van der Waals surface area contributed by atoms with Crippen LogP contribution in [0.4, 0.5) is 0 Å². The van der Waals surface area contributed by atoms with Crippen LogP contribution in [0.1, 0.15) is 37.2 Å². The highest BCUT2D eigenvalue weighted by molar-refractivity contribution is 6.32. The molecule has 0 saturated heterocycles. The van der Waals surface area contributed by atoms with E-state index in [4.69, 9.17) is 26.6 Å². The van der Waals surface area contributed by atoms with Crippen molar-refractivity contribution in [1.29, 1.82) is 0 Å². The van der Waals surface area contributed by atoms with E-state index < -0.39 is 0 Å². The van der Waals surface area contributed by atoms with Gasteiger partial charge in [0.05, 0.1) is 5.02 Å². The van der Waals surface area contributed by atoms with Crippen LogP contribution in [0.2, 0.25) is 5.02 Å². The molecule has 0 fully saturated rings. The molecule has 0 unspecified atom stereocenters.